The van der Waals surface area contributed by atoms with Crippen molar-refractivity contribution in [2.45, 2.75) is 108 Å². The third-order valence-corrected chi connectivity index (χ3v) is 9.70. The first-order chi connectivity index (χ1) is 21.6. The van der Waals surface area contributed by atoms with Crippen molar-refractivity contribution >= 4 is 17.7 Å². The largest absolute Gasteiger partial charge is 0.519 e. The van der Waals surface area contributed by atoms with Crippen LogP contribution < -0.4 is 15.9 Å². The first-order valence-electron chi connectivity index (χ1n) is 15.7. The number of nitroso groups, excluding NO2 is 1. The zero-order valence-electron chi connectivity index (χ0n) is 26.4. The molecule has 4 rings (SSSR count). The van der Waals surface area contributed by atoms with Crippen LogP contribution in [0.3, 0.4) is 0 Å². The van der Waals surface area contributed by atoms with Crippen molar-refractivity contribution in [3.05, 3.63) is 51.6 Å². The molecule has 2 aromatic heterocycles. The number of nitrogens with one attached hydrogen (secondary N) is 1. The average Bonchev–Trinajstić information content (AvgIpc) is 3.20. The Morgan fingerprint density at radius 1 is 1.22 bits per heavy atom. The topological polar surface area (TPSA) is 177 Å². The van der Waals surface area contributed by atoms with Crippen molar-refractivity contribution in [1.82, 2.24) is 15.2 Å². The molecule has 1 unspecified atom stereocenters. The Labute approximate surface area is 267 Å². The van der Waals surface area contributed by atoms with Crippen LogP contribution in [0.2, 0.25) is 0 Å². The van der Waals surface area contributed by atoms with E-state index in [0.29, 0.717) is 37.0 Å². The molecular weight excluding hydrogens is 604 g/mol. The van der Waals surface area contributed by atoms with E-state index in [4.69, 9.17) is 18.3 Å². The van der Waals surface area contributed by atoms with E-state index in [1.54, 1.807) is 25.6 Å². The molecular formula is C31H46N4O9S. The Hall–Kier alpha value is -2.78. The lowest BCUT2D eigenvalue weighted by atomic mass is 9.87. The monoisotopic (exact) mass is 650 g/mol. The molecule has 0 spiro atoms. The van der Waals surface area contributed by atoms with Crippen molar-refractivity contribution < 1.29 is 33.3 Å². The quantitative estimate of drug-likeness (QED) is 0.201. The number of nitrogens with zero attached hydrogens (tertiary/aromatic N) is 3. The van der Waals surface area contributed by atoms with Gasteiger partial charge in [-0.2, -0.15) is 4.91 Å². The fourth-order valence-corrected chi connectivity index (χ4v) is 6.92. The molecule has 250 valence electrons. The number of unbranched alkanes of at least 4 members (excludes halogenated alkanes) is 1. The number of aromatic nitrogens is 1. The highest BCUT2D eigenvalue weighted by molar-refractivity contribution is 7.99. The maximum atomic E-state index is 14.0. The highest BCUT2D eigenvalue weighted by Gasteiger charge is 2.49. The van der Waals surface area contributed by atoms with Gasteiger partial charge >= 0.3 is 5.82 Å². The minimum absolute atomic E-state index is 0.173. The van der Waals surface area contributed by atoms with Gasteiger partial charge in [-0.1, -0.05) is 25.4 Å². The van der Waals surface area contributed by atoms with E-state index in [9.17, 15) is 24.7 Å². The van der Waals surface area contributed by atoms with E-state index in [1.807, 2.05) is 30.9 Å². The predicted octanol–water partition coefficient (Wildman–Crippen LogP) is 3.24. The third kappa shape index (κ3) is 9.16. The van der Waals surface area contributed by atoms with E-state index in [0.717, 1.165) is 37.9 Å². The number of aliphatic hydroxyl groups is 2. The summed E-state index contributed by atoms with van der Waals surface area (Å²) in [6.45, 7) is 6.89. The molecule has 0 aliphatic carbocycles. The minimum atomic E-state index is -1.40. The van der Waals surface area contributed by atoms with Crippen LogP contribution in [-0.4, -0.2) is 87.3 Å². The summed E-state index contributed by atoms with van der Waals surface area (Å²) in [5.41, 5.74) is -0.781. The van der Waals surface area contributed by atoms with Gasteiger partial charge in [0.2, 0.25) is 5.91 Å². The fourth-order valence-electron chi connectivity index (χ4n) is 6.24. The molecule has 2 fully saturated rings. The lowest BCUT2D eigenvalue weighted by molar-refractivity contribution is -0.165. The molecule has 0 aromatic carbocycles. The van der Waals surface area contributed by atoms with Gasteiger partial charge in [-0.15, -0.1) is 11.8 Å². The summed E-state index contributed by atoms with van der Waals surface area (Å²) in [5, 5.41) is 27.6. The minimum Gasteiger partial charge on any atom is -0.492 e. The Bertz CT molecular complexity index is 1280. The first kappa shape index (κ1) is 35.1. The van der Waals surface area contributed by atoms with Gasteiger partial charge in [0.1, 0.15) is 41.3 Å². The van der Waals surface area contributed by atoms with Crippen LogP contribution in [0.25, 0.3) is 0 Å². The zero-order valence-corrected chi connectivity index (χ0v) is 27.2. The zero-order chi connectivity index (χ0) is 32.5. The number of thioether (sulfide) groups is 1. The molecule has 14 heteroatoms. The highest BCUT2D eigenvalue weighted by Crippen LogP contribution is 2.33. The lowest BCUT2D eigenvalue weighted by Gasteiger charge is -2.44. The number of carbonyl (C=O) groups excluding carboxylic acids is 1. The smallest absolute Gasteiger partial charge is 0.492 e. The maximum absolute atomic E-state index is 14.0. The first-order valence-corrected chi connectivity index (χ1v) is 16.9. The molecule has 0 bridgehead atoms. The van der Waals surface area contributed by atoms with Gasteiger partial charge in [0, 0.05) is 6.20 Å². The summed E-state index contributed by atoms with van der Waals surface area (Å²) < 4.78 is 22.2. The van der Waals surface area contributed by atoms with Gasteiger partial charge < -0.3 is 33.8 Å². The Kier molecular flexibility index (Phi) is 13.0. The number of likely N-dealkylation sites (tertiary alicyclic amines) is 1. The summed E-state index contributed by atoms with van der Waals surface area (Å²) in [7, 11) is 0. The molecule has 45 heavy (non-hydrogen) atoms. The second-order valence-corrected chi connectivity index (χ2v) is 13.2. The number of hydrogen-bond donors (Lipinski definition) is 3. The Morgan fingerprint density at radius 3 is 2.67 bits per heavy atom. The summed E-state index contributed by atoms with van der Waals surface area (Å²) in [6, 6.07) is 1.24. The molecule has 1 amide bonds. The number of aliphatic hydroxyl groups excluding tert-OH is 2. The number of rotatable bonds is 14. The molecule has 3 N–H and O–H groups in total. The predicted molar refractivity (Wildman–Crippen MR) is 168 cm³/mol. The number of pyridine rings is 1. The van der Waals surface area contributed by atoms with E-state index in [2.05, 4.69) is 15.5 Å². The molecule has 0 saturated carbocycles. The van der Waals surface area contributed by atoms with E-state index >= 15 is 0 Å². The molecule has 2 saturated heterocycles. The molecule has 2 aliphatic rings. The Morgan fingerprint density at radius 2 is 2.02 bits per heavy atom. The van der Waals surface area contributed by atoms with Gasteiger partial charge in [-0.25, -0.2) is 4.79 Å². The van der Waals surface area contributed by atoms with Crippen LogP contribution in [0, 0.1) is 23.7 Å². The second-order valence-electron chi connectivity index (χ2n) is 12.2. The number of ether oxygens (including phenoxy) is 2. The van der Waals surface area contributed by atoms with E-state index in [1.165, 1.54) is 11.8 Å². The SMILES string of the molecule is CS[C@H]1O[C@H]([C@H](NC(=O)[C@@H]2CCC(CCCCOc3cccnc3)CCN2Cc2oc(=O)oc2C)C(C)C)[C@H](O)[C@H](N=O)[C@H]1O. The van der Waals surface area contributed by atoms with Crippen molar-refractivity contribution in [3.63, 3.8) is 0 Å². The van der Waals surface area contributed by atoms with E-state index < -0.39 is 47.7 Å². The van der Waals surface area contributed by atoms with Crippen LogP contribution in [0.4, 0.5) is 0 Å². The van der Waals surface area contributed by atoms with E-state index in [-0.39, 0.29) is 18.4 Å². The molecule has 2 aliphatic heterocycles. The number of hydrogen-bond acceptors (Lipinski definition) is 13. The summed E-state index contributed by atoms with van der Waals surface area (Å²) >= 11 is 1.21. The number of aryl methyl sites for hydroxylation is 1. The molecule has 13 nitrogen and oxygen atoms in total. The fraction of sp³-hybridized carbons (Fsp3) is 0.710. The summed E-state index contributed by atoms with van der Waals surface area (Å²) in [4.78, 5) is 43.5. The van der Waals surface area contributed by atoms with Crippen molar-refractivity contribution in [2.24, 2.45) is 17.0 Å². The Balaban J connectivity index is 1.44. The maximum Gasteiger partial charge on any atom is 0.519 e. The van der Waals surface area contributed by atoms with Crippen LogP contribution in [0.15, 0.2) is 43.3 Å². The summed E-state index contributed by atoms with van der Waals surface area (Å²) in [6.07, 6.45) is 6.68. The highest BCUT2D eigenvalue weighted by atomic mass is 32.2. The van der Waals surface area contributed by atoms with Crippen molar-refractivity contribution in [1.29, 1.82) is 0 Å². The standard InChI is InChI=1S/C31H46N4O9S/c1-18(2)24(28-26(36)25(34-40)27(37)30(44-28)45-4)33-29(38)22-11-10-20(8-5-6-15-41-21-9-7-13-32-16-21)12-14-35(22)17-23-19(3)42-31(39)43-23/h7,9,13,16,18,20,22,24-28,30,36-37H,5-6,8,10-12,14-15,17H2,1-4H3,(H,33,38)/t20?,22-,24+,25-,26+,27+,28+,30+/m0/s1. The van der Waals surface area contributed by atoms with Gasteiger partial charge in [0.05, 0.1) is 31.4 Å². The molecule has 0 radical (unpaired) electrons. The van der Waals surface area contributed by atoms with Crippen molar-refractivity contribution in [2.75, 3.05) is 19.4 Å². The molecule has 8 atom stereocenters. The van der Waals surface area contributed by atoms with Gasteiger partial charge in [-0.3, -0.25) is 14.7 Å². The van der Waals surface area contributed by atoms with Crippen LogP contribution in [-0.2, 0) is 16.1 Å². The number of amides is 1. The second kappa shape index (κ2) is 16.7. The summed E-state index contributed by atoms with van der Waals surface area (Å²) in [5.74, 6) is 0.704. The van der Waals surface area contributed by atoms with Crippen LogP contribution in [0.1, 0.15) is 63.9 Å². The normalized spacial score (nSPS) is 28.4. The van der Waals surface area contributed by atoms with Crippen LogP contribution in [0.5, 0.6) is 5.75 Å². The van der Waals surface area contributed by atoms with Gasteiger partial charge in [-0.05, 0) is 75.8 Å². The average molecular weight is 651 g/mol. The molecule has 4 heterocycles. The van der Waals surface area contributed by atoms with Crippen molar-refractivity contribution in [3.8, 4) is 5.75 Å². The van der Waals surface area contributed by atoms with Gasteiger partial charge in [0.15, 0.2) is 5.76 Å². The number of carbonyl (C=O) groups is 1. The third-order valence-electron chi connectivity index (χ3n) is 8.85. The molecule has 2 aromatic rings. The van der Waals surface area contributed by atoms with Crippen LogP contribution >= 0.6 is 11.8 Å². The lowest BCUT2D eigenvalue weighted by Crippen LogP contribution is -2.64. The van der Waals surface area contributed by atoms with Gasteiger partial charge in [0.25, 0.3) is 0 Å².